The summed E-state index contributed by atoms with van der Waals surface area (Å²) < 4.78 is 5.16. The maximum atomic E-state index is 5.84. The average Bonchev–Trinajstić information content (AvgIpc) is 2.15. The lowest BCUT2D eigenvalue weighted by Crippen LogP contribution is -1.86. The Morgan fingerprint density at radius 1 is 1.54 bits per heavy atom. The molecule has 0 heterocycles. The molecule has 0 saturated heterocycles. The first kappa shape index (κ1) is 10.5. The van der Waals surface area contributed by atoms with Crippen molar-refractivity contribution in [2.24, 2.45) is 0 Å². The first-order chi connectivity index (χ1) is 6.27. The number of benzene rings is 1. The zero-order chi connectivity index (χ0) is 9.68. The molecule has 0 amide bonds. The van der Waals surface area contributed by atoms with E-state index in [2.05, 4.69) is 12.6 Å². The number of rotatable bonds is 3. The topological polar surface area (TPSA) is 9.23 Å². The molecule has 0 fully saturated rings. The summed E-state index contributed by atoms with van der Waals surface area (Å²) in [6.45, 7) is 0. The monoisotopic (exact) mass is 214 g/mol. The van der Waals surface area contributed by atoms with Crippen LogP contribution in [0.2, 0.25) is 5.02 Å². The van der Waals surface area contributed by atoms with Gasteiger partial charge in [0.15, 0.2) is 0 Å². The lowest BCUT2D eigenvalue weighted by atomic mass is 10.2. The van der Waals surface area contributed by atoms with Gasteiger partial charge in [-0.3, -0.25) is 0 Å². The van der Waals surface area contributed by atoms with Gasteiger partial charge in [-0.05, 0) is 18.2 Å². The Labute approximate surface area is 88.8 Å². The van der Waals surface area contributed by atoms with E-state index in [1.54, 1.807) is 13.2 Å². The minimum Gasteiger partial charge on any atom is -0.496 e. The highest BCUT2D eigenvalue weighted by Crippen LogP contribution is 2.23. The second-order valence-corrected chi connectivity index (χ2v) is 3.27. The molecule has 3 heteroatoms. The van der Waals surface area contributed by atoms with Crippen molar-refractivity contribution < 1.29 is 4.74 Å². The molecule has 13 heavy (non-hydrogen) atoms. The van der Waals surface area contributed by atoms with Gasteiger partial charge in [-0.2, -0.15) is 12.6 Å². The predicted molar refractivity (Wildman–Crippen MR) is 60.9 cm³/mol. The number of hydrogen-bond acceptors (Lipinski definition) is 2. The summed E-state index contributed by atoms with van der Waals surface area (Å²) in [7, 11) is 1.64. The van der Waals surface area contributed by atoms with Crippen molar-refractivity contribution in [3.8, 4) is 5.75 Å². The van der Waals surface area contributed by atoms with Gasteiger partial charge in [0.05, 0.1) is 7.11 Å². The van der Waals surface area contributed by atoms with E-state index in [0.29, 0.717) is 10.8 Å². The first-order valence-electron chi connectivity index (χ1n) is 3.89. The van der Waals surface area contributed by atoms with Gasteiger partial charge >= 0.3 is 0 Å². The highest BCUT2D eigenvalue weighted by atomic mass is 35.5. The largest absolute Gasteiger partial charge is 0.496 e. The van der Waals surface area contributed by atoms with Crippen LogP contribution >= 0.6 is 24.2 Å². The molecular weight excluding hydrogens is 204 g/mol. The van der Waals surface area contributed by atoms with E-state index in [1.807, 2.05) is 24.3 Å². The van der Waals surface area contributed by atoms with Crippen LogP contribution in [-0.4, -0.2) is 12.9 Å². The van der Waals surface area contributed by atoms with Crippen LogP contribution in [0.25, 0.3) is 6.08 Å². The molecule has 1 nitrogen and oxygen atoms in total. The molecule has 0 aliphatic rings. The molecule has 0 bridgehead atoms. The molecule has 0 spiro atoms. The lowest BCUT2D eigenvalue weighted by molar-refractivity contribution is 0.414. The third-order valence-corrected chi connectivity index (χ3v) is 2.04. The third-order valence-electron chi connectivity index (χ3n) is 1.59. The van der Waals surface area contributed by atoms with Crippen molar-refractivity contribution in [3.63, 3.8) is 0 Å². The van der Waals surface area contributed by atoms with Crippen molar-refractivity contribution >= 4 is 30.3 Å². The molecule has 1 aromatic rings. The van der Waals surface area contributed by atoms with Gasteiger partial charge in [0, 0.05) is 16.3 Å². The summed E-state index contributed by atoms with van der Waals surface area (Å²) in [5.41, 5.74) is 0.976. The fourth-order valence-corrected chi connectivity index (χ4v) is 1.30. The van der Waals surface area contributed by atoms with Crippen LogP contribution in [0.3, 0.4) is 0 Å². The van der Waals surface area contributed by atoms with Crippen molar-refractivity contribution in [3.05, 3.63) is 34.9 Å². The molecule has 0 N–H and O–H groups in total. The van der Waals surface area contributed by atoms with Gasteiger partial charge in [-0.15, -0.1) is 0 Å². The van der Waals surface area contributed by atoms with Crippen LogP contribution in [0.15, 0.2) is 24.3 Å². The normalized spacial score (nSPS) is 10.7. The molecular formula is C10H11ClOS. The summed E-state index contributed by atoms with van der Waals surface area (Å²) in [5.74, 6) is 1.53. The van der Waals surface area contributed by atoms with Crippen molar-refractivity contribution in [1.82, 2.24) is 0 Å². The Hall–Kier alpha value is -0.600. The molecule has 0 aliphatic heterocycles. The van der Waals surface area contributed by atoms with Crippen LogP contribution in [0.1, 0.15) is 5.56 Å². The Balaban J connectivity index is 3.01. The smallest absolute Gasteiger partial charge is 0.126 e. The van der Waals surface area contributed by atoms with E-state index >= 15 is 0 Å². The van der Waals surface area contributed by atoms with Gasteiger partial charge in [0.1, 0.15) is 5.75 Å². The lowest BCUT2D eigenvalue weighted by Gasteiger charge is -2.04. The van der Waals surface area contributed by atoms with E-state index in [-0.39, 0.29) is 0 Å². The van der Waals surface area contributed by atoms with Crippen LogP contribution in [0.4, 0.5) is 0 Å². The van der Waals surface area contributed by atoms with Crippen LogP contribution in [-0.2, 0) is 0 Å². The number of ether oxygens (including phenoxy) is 1. The van der Waals surface area contributed by atoms with E-state index in [9.17, 15) is 0 Å². The molecule has 0 aromatic heterocycles. The first-order valence-corrected chi connectivity index (χ1v) is 4.90. The maximum Gasteiger partial charge on any atom is 0.126 e. The highest BCUT2D eigenvalue weighted by molar-refractivity contribution is 7.80. The Morgan fingerprint density at radius 3 is 2.92 bits per heavy atom. The van der Waals surface area contributed by atoms with Crippen molar-refractivity contribution in [2.45, 2.75) is 0 Å². The fraction of sp³-hybridized carbons (Fsp3) is 0.200. The van der Waals surface area contributed by atoms with Crippen molar-refractivity contribution in [2.75, 3.05) is 12.9 Å². The summed E-state index contributed by atoms with van der Waals surface area (Å²) in [6, 6.07) is 5.51. The van der Waals surface area contributed by atoms with Crippen LogP contribution in [0.5, 0.6) is 5.75 Å². The molecule has 0 saturated carbocycles. The zero-order valence-electron chi connectivity index (χ0n) is 7.33. The minimum atomic E-state index is 0.704. The Kier molecular flexibility index (Phi) is 4.19. The van der Waals surface area contributed by atoms with Gasteiger partial charge < -0.3 is 4.74 Å². The summed E-state index contributed by atoms with van der Waals surface area (Å²) >= 11 is 9.92. The second-order valence-electron chi connectivity index (χ2n) is 2.47. The van der Waals surface area contributed by atoms with Gasteiger partial charge in [-0.1, -0.05) is 23.8 Å². The standard InChI is InChI=1S/C10H11ClOS/c1-12-10-5-4-9(11)7-8(10)3-2-6-13/h2-5,7,13H,6H2,1H3. The predicted octanol–water partition coefficient (Wildman–Crippen LogP) is 3.29. The number of hydrogen-bond donors (Lipinski definition) is 1. The number of halogens is 1. The third kappa shape index (κ3) is 2.98. The molecule has 0 radical (unpaired) electrons. The molecule has 0 atom stereocenters. The highest BCUT2D eigenvalue weighted by Gasteiger charge is 1.99. The maximum absolute atomic E-state index is 5.84. The van der Waals surface area contributed by atoms with Crippen LogP contribution in [0, 0.1) is 0 Å². The molecule has 1 rings (SSSR count). The molecule has 0 unspecified atom stereocenters. The molecule has 1 aromatic carbocycles. The average molecular weight is 215 g/mol. The fourth-order valence-electron chi connectivity index (χ4n) is 1.02. The van der Waals surface area contributed by atoms with E-state index in [1.165, 1.54) is 0 Å². The van der Waals surface area contributed by atoms with Crippen molar-refractivity contribution in [1.29, 1.82) is 0 Å². The quantitative estimate of drug-likeness (QED) is 0.760. The Morgan fingerprint density at radius 2 is 2.31 bits per heavy atom. The Bertz CT molecular complexity index is 310. The van der Waals surface area contributed by atoms with E-state index in [0.717, 1.165) is 11.3 Å². The second kappa shape index (κ2) is 5.20. The van der Waals surface area contributed by atoms with Gasteiger partial charge in [0.25, 0.3) is 0 Å². The summed E-state index contributed by atoms with van der Waals surface area (Å²) in [4.78, 5) is 0. The van der Waals surface area contributed by atoms with Gasteiger partial charge in [0.2, 0.25) is 0 Å². The number of methoxy groups -OCH3 is 1. The van der Waals surface area contributed by atoms with Gasteiger partial charge in [-0.25, -0.2) is 0 Å². The SMILES string of the molecule is COc1ccc(Cl)cc1C=CCS. The zero-order valence-corrected chi connectivity index (χ0v) is 8.98. The number of thiol groups is 1. The minimum absolute atomic E-state index is 0.704. The van der Waals surface area contributed by atoms with E-state index < -0.39 is 0 Å². The van der Waals surface area contributed by atoms with Crippen LogP contribution < -0.4 is 4.74 Å². The molecule has 70 valence electrons. The molecule has 0 aliphatic carbocycles. The summed E-state index contributed by atoms with van der Waals surface area (Å²) in [5, 5.41) is 0.708. The van der Waals surface area contributed by atoms with E-state index in [4.69, 9.17) is 16.3 Å². The summed E-state index contributed by atoms with van der Waals surface area (Å²) in [6.07, 6.45) is 3.88.